The molecule has 0 aliphatic heterocycles. The number of anilines is 2. The first-order chi connectivity index (χ1) is 10.8. The van der Waals surface area contributed by atoms with Crippen LogP contribution in [0.4, 0.5) is 11.4 Å². The van der Waals surface area contributed by atoms with Crippen LogP contribution in [0.3, 0.4) is 0 Å². The number of hydrogen-bond donors (Lipinski definition) is 2. The van der Waals surface area contributed by atoms with E-state index < -0.39 is 0 Å². The summed E-state index contributed by atoms with van der Waals surface area (Å²) in [5.74, 6) is 0.648. The van der Waals surface area contributed by atoms with Gasteiger partial charge in [-0.2, -0.15) is 0 Å². The van der Waals surface area contributed by atoms with Crippen molar-refractivity contribution in [2.24, 2.45) is 0 Å². The molecule has 2 aromatic rings. The van der Waals surface area contributed by atoms with Crippen molar-refractivity contribution in [3.05, 3.63) is 54.6 Å². The lowest BCUT2D eigenvalue weighted by Crippen LogP contribution is -2.21. The third kappa shape index (κ3) is 5.46. The molecular formula is C17H20N2O3. The summed E-state index contributed by atoms with van der Waals surface area (Å²) in [7, 11) is 1.63. The Bertz CT molecular complexity index is 570. The number of rotatable bonds is 8. The molecule has 0 radical (unpaired) electrons. The van der Waals surface area contributed by atoms with Crippen LogP contribution < -0.4 is 15.4 Å². The van der Waals surface area contributed by atoms with E-state index in [1.54, 1.807) is 7.11 Å². The Morgan fingerprint density at radius 1 is 0.955 bits per heavy atom. The number of amides is 1. The van der Waals surface area contributed by atoms with E-state index in [4.69, 9.17) is 9.47 Å². The van der Waals surface area contributed by atoms with Gasteiger partial charge in [-0.1, -0.05) is 18.2 Å². The number of nitrogens with one attached hydrogen (secondary N) is 2. The number of methoxy groups -OCH3 is 1. The van der Waals surface area contributed by atoms with Gasteiger partial charge in [0.1, 0.15) is 12.4 Å². The monoisotopic (exact) mass is 300 g/mol. The van der Waals surface area contributed by atoms with Gasteiger partial charge in [0.25, 0.3) is 0 Å². The minimum absolute atomic E-state index is 0.100. The van der Waals surface area contributed by atoms with Crippen LogP contribution in [0.2, 0.25) is 0 Å². The van der Waals surface area contributed by atoms with Gasteiger partial charge in [-0.15, -0.1) is 0 Å². The average molecular weight is 300 g/mol. The standard InChI is InChI=1S/C17H20N2O3/c1-21-11-12-22-16-9-7-15(8-10-16)19-17(20)13-18-14-5-3-2-4-6-14/h2-10,18H,11-13H2,1H3,(H,19,20). The van der Waals surface area contributed by atoms with Gasteiger partial charge in [0, 0.05) is 18.5 Å². The summed E-state index contributed by atoms with van der Waals surface area (Å²) in [6.45, 7) is 1.27. The largest absolute Gasteiger partial charge is 0.491 e. The molecule has 5 heteroatoms. The molecule has 0 saturated carbocycles. The van der Waals surface area contributed by atoms with Crippen LogP contribution >= 0.6 is 0 Å². The Morgan fingerprint density at radius 3 is 2.36 bits per heavy atom. The molecule has 0 aliphatic rings. The van der Waals surface area contributed by atoms with Gasteiger partial charge in [-0.25, -0.2) is 0 Å². The normalized spacial score (nSPS) is 10.0. The van der Waals surface area contributed by atoms with Gasteiger partial charge in [-0.3, -0.25) is 4.79 Å². The number of hydrogen-bond acceptors (Lipinski definition) is 4. The Kier molecular flexibility index (Phi) is 6.26. The number of carbonyl (C=O) groups is 1. The minimum Gasteiger partial charge on any atom is -0.491 e. The lowest BCUT2D eigenvalue weighted by atomic mass is 10.3. The summed E-state index contributed by atoms with van der Waals surface area (Å²) in [6, 6.07) is 16.8. The molecule has 0 spiro atoms. The van der Waals surface area contributed by atoms with Crippen LogP contribution in [0, 0.1) is 0 Å². The number of benzene rings is 2. The summed E-state index contributed by atoms with van der Waals surface area (Å²) in [4.78, 5) is 11.9. The first-order valence-corrected chi connectivity index (χ1v) is 7.08. The first-order valence-electron chi connectivity index (χ1n) is 7.08. The number of ether oxygens (including phenoxy) is 2. The molecule has 0 aromatic heterocycles. The summed E-state index contributed by atoms with van der Waals surface area (Å²) in [5.41, 5.74) is 1.65. The molecule has 0 heterocycles. The number of para-hydroxylation sites is 1. The van der Waals surface area contributed by atoms with E-state index in [0.29, 0.717) is 13.2 Å². The molecular weight excluding hydrogens is 280 g/mol. The molecule has 0 saturated heterocycles. The Labute approximate surface area is 130 Å². The first kappa shape index (κ1) is 15.9. The third-order valence-corrected chi connectivity index (χ3v) is 2.92. The lowest BCUT2D eigenvalue weighted by Gasteiger charge is -2.09. The van der Waals surface area contributed by atoms with Crippen molar-refractivity contribution in [3.8, 4) is 5.75 Å². The maximum Gasteiger partial charge on any atom is 0.243 e. The second-order valence-electron chi connectivity index (χ2n) is 4.63. The second-order valence-corrected chi connectivity index (χ2v) is 4.63. The molecule has 22 heavy (non-hydrogen) atoms. The maximum absolute atomic E-state index is 11.9. The highest BCUT2D eigenvalue weighted by Gasteiger charge is 2.02. The molecule has 2 rings (SSSR count). The predicted molar refractivity (Wildman–Crippen MR) is 87.4 cm³/mol. The highest BCUT2D eigenvalue weighted by Crippen LogP contribution is 2.15. The van der Waals surface area contributed by atoms with Crippen LogP contribution in [0.25, 0.3) is 0 Å². The third-order valence-electron chi connectivity index (χ3n) is 2.92. The van der Waals surface area contributed by atoms with Gasteiger partial charge in [-0.05, 0) is 36.4 Å². The fourth-order valence-corrected chi connectivity index (χ4v) is 1.82. The zero-order valence-electron chi connectivity index (χ0n) is 12.5. The molecule has 116 valence electrons. The number of carbonyl (C=O) groups excluding carboxylic acids is 1. The molecule has 0 atom stereocenters. The topological polar surface area (TPSA) is 59.6 Å². The van der Waals surface area contributed by atoms with Crippen LogP contribution in [0.15, 0.2) is 54.6 Å². The zero-order valence-corrected chi connectivity index (χ0v) is 12.5. The van der Waals surface area contributed by atoms with Crippen molar-refractivity contribution in [2.45, 2.75) is 0 Å². The van der Waals surface area contributed by atoms with Gasteiger partial charge >= 0.3 is 0 Å². The highest BCUT2D eigenvalue weighted by molar-refractivity contribution is 5.93. The quantitative estimate of drug-likeness (QED) is 0.736. The molecule has 5 nitrogen and oxygen atoms in total. The minimum atomic E-state index is -0.100. The van der Waals surface area contributed by atoms with Crippen LogP contribution in [0.1, 0.15) is 0 Å². The average Bonchev–Trinajstić information content (AvgIpc) is 2.56. The van der Waals surface area contributed by atoms with Crippen molar-refractivity contribution < 1.29 is 14.3 Å². The van der Waals surface area contributed by atoms with Gasteiger partial charge in [0.15, 0.2) is 0 Å². The van der Waals surface area contributed by atoms with E-state index >= 15 is 0 Å². The summed E-state index contributed by atoms with van der Waals surface area (Å²) >= 11 is 0. The van der Waals surface area contributed by atoms with Gasteiger partial charge in [0.05, 0.1) is 13.2 Å². The van der Waals surface area contributed by atoms with E-state index in [2.05, 4.69) is 10.6 Å². The zero-order chi connectivity index (χ0) is 15.6. The predicted octanol–water partition coefficient (Wildman–Crippen LogP) is 2.76. The van der Waals surface area contributed by atoms with Crippen molar-refractivity contribution in [3.63, 3.8) is 0 Å². The Hall–Kier alpha value is -2.53. The van der Waals surface area contributed by atoms with E-state index in [9.17, 15) is 4.79 Å². The van der Waals surface area contributed by atoms with Gasteiger partial charge in [0.2, 0.25) is 5.91 Å². The van der Waals surface area contributed by atoms with Gasteiger partial charge < -0.3 is 20.1 Å². The van der Waals surface area contributed by atoms with Crippen molar-refractivity contribution in [1.29, 1.82) is 0 Å². The summed E-state index contributed by atoms with van der Waals surface area (Å²) < 4.78 is 10.4. The Morgan fingerprint density at radius 2 is 1.68 bits per heavy atom. The van der Waals surface area contributed by atoms with Crippen LogP contribution in [0.5, 0.6) is 5.75 Å². The fraction of sp³-hybridized carbons (Fsp3) is 0.235. The molecule has 0 bridgehead atoms. The smallest absolute Gasteiger partial charge is 0.243 e. The van der Waals surface area contributed by atoms with E-state index in [0.717, 1.165) is 17.1 Å². The second kappa shape index (κ2) is 8.69. The highest BCUT2D eigenvalue weighted by atomic mass is 16.5. The lowest BCUT2D eigenvalue weighted by molar-refractivity contribution is -0.114. The van der Waals surface area contributed by atoms with Crippen molar-refractivity contribution in [2.75, 3.05) is 37.5 Å². The van der Waals surface area contributed by atoms with Crippen molar-refractivity contribution >= 4 is 17.3 Å². The molecule has 0 unspecified atom stereocenters. The Balaban J connectivity index is 1.76. The van der Waals surface area contributed by atoms with Crippen LogP contribution in [-0.4, -0.2) is 32.8 Å². The molecule has 2 N–H and O–H groups in total. The summed E-state index contributed by atoms with van der Waals surface area (Å²) in [5, 5.41) is 5.88. The van der Waals surface area contributed by atoms with E-state index in [-0.39, 0.29) is 12.5 Å². The van der Waals surface area contributed by atoms with Crippen LogP contribution in [-0.2, 0) is 9.53 Å². The molecule has 1 amide bonds. The molecule has 2 aromatic carbocycles. The van der Waals surface area contributed by atoms with Crippen molar-refractivity contribution in [1.82, 2.24) is 0 Å². The SMILES string of the molecule is COCCOc1ccc(NC(=O)CNc2ccccc2)cc1. The summed E-state index contributed by atoms with van der Waals surface area (Å²) in [6.07, 6.45) is 0. The van der Waals surface area contributed by atoms with E-state index in [1.807, 2.05) is 54.6 Å². The molecule has 0 aliphatic carbocycles. The van der Waals surface area contributed by atoms with E-state index in [1.165, 1.54) is 0 Å². The maximum atomic E-state index is 11.9. The molecule has 0 fully saturated rings. The fourth-order valence-electron chi connectivity index (χ4n) is 1.82.